The van der Waals surface area contributed by atoms with Crippen molar-refractivity contribution in [1.82, 2.24) is 26.3 Å². The lowest BCUT2D eigenvalue weighted by atomic mass is 9.99. The lowest BCUT2D eigenvalue weighted by molar-refractivity contribution is -0.134. The van der Waals surface area contributed by atoms with Gasteiger partial charge in [-0.3, -0.25) is 23.7 Å². The summed E-state index contributed by atoms with van der Waals surface area (Å²) in [6, 6.07) is 18.0. The van der Waals surface area contributed by atoms with Crippen LogP contribution in [0.2, 0.25) is 0 Å². The summed E-state index contributed by atoms with van der Waals surface area (Å²) in [5, 5.41) is 12.4. The van der Waals surface area contributed by atoms with Gasteiger partial charge in [-0.2, -0.15) is 8.42 Å². The minimum atomic E-state index is -4.71. The largest absolute Gasteiger partial charge is 0.446 e. The van der Waals surface area contributed by atoms with Gasteiger partial charge in [0.05, 0.1) is 6.04 Å². The Morgan fingerprint density at radius 1 is 0.709 bits per heavy atom. The Balaban J connectivity index is 1.57. The second-order valence-electron chi connectivity index (χ2n) is 14.5. The van der Waals surface area contributed by atoms with Crippen LogP contribution in [0.5, 0.6) is 5.75 Å². The van der Waals surface area contributed by atoms with Gasteiger partial charge in [0.2, 0.25) is 23.6 Å². The summed E-state index contributed by atoms with van der Waals surface area (Å²) >= 11 is 0. The third-order valence-corrected chi connectivity index (χ3v) is 9.33. The Bertz CT molecular complexity index is 2000. The van der Waals surface area contributed by atoms with E-state index in [1.807, 2.05) is 68.4 Å². The van der Waals surface area contributed by atoms with Crippen molar-refractivity contribution in [2.24, 2.45) is 17.6 Å². The lowest BCUT2D eigenvalue weighted by Gasteiger charge is -2.26. The van der Waals surface area contributed by atoms with Crippen molar-refractivity contribution in [2.75, 3.05) is 6.54 Å². The van der Waals surface area contributed by atoms with Crippen LogP contribution in [0.4, 0.5) is 0 Å². The van der Waals surface area contributed by atoms with E-state index in [2.05, 4.69) is 44.3 Å². The second-order valence-corrected chi connectivity index (χ2v) is 15.5. The molecule has 4 amide bonds. The number of para-hydroxylation sites is 1. The Labute approximate surface area is 322 Å². The second kappa shape index (κ2) is 19.9. The van der Waals surface area contributed by atoms with Gasteiger partial charge in [-0.1, -0.05) is 88.4 Å². The van der Waals surface area contributed by atoms with Crippen molar-refractivity contribution in [3.05, 3.63) is 102 Å². The fraction of sp³-hybridized carbons (Fsp3) is 0.400. The molecule has 1 aromatic heterocycles. The number of rotatable bonds is 20. The molecule has 0 fully saturated rings. The van der Waals surface area contributed by atoms with Gasteiger partial charge in [0.15, 0.2) is 0 Å². The number of nitrogens with two attached hydrogens (primary N) is 1. The standard InChI is InChI=1S/C40H52N6O8S/c1-25(2)18-19-42-38(48)34(20-26(3)4)45-40(50)36(23-29-24-43-33-13-9-8-12-31(29)33)46-39(49)35(22-27-10-6-5-7-11-27)44-37(47)32(41)21-28-14-16-30(17-15-28)54-55(51,52)53/h5-17,24-26,32,34-36,43H,18-23,41H2,1-4H3,(H,42,48)(H,44,47)(H,45,50)(H,46,49)(H,51,52,53)/t32-,34+,35+,36-/m1/s1. The molecule has 296 valence electrons. The van der Waals surface area contributed by atoms with Crippen LogP contribution in [0.25, 0.3) is 10.9 Å². The van der Waals surface area contributed by atoms with E-state index in [9.17, 15) is 27.6 Å². The topological polar surface area (TPSA) is 222 Å². The smallest absolute Gasteiger partial charge is 0.362 e. The van der Waals surface area contributed by atoms with Crippen LogP contribution in [0.15, 0.2) is 85.1 Å². The van der Waals surface area contributed by atoms with Crippen molar-refractivity contribution in [1.29, 1.82) is 0 Å². The zero-order valence-electron chi connectivity index (χ0n) is 31.6. The van der Waals surface area contributed by atoms with Gasteiger partial charge in [-0.05, 0) is 66.0 Å². The number of carbonyl (C=O) groups excluding carboxylic acids is 4. The van der Waals surface area contributed by atoms with Gasteiger partial charge in [-0.25, -0.2) is 0 Å². The van der Waals surface area contributed by atoms with Crippen LogP contribution in [0.3, 0.4) is 0 Å². The Morgan fingerprint density at radius 2 is 1.29 bits per heavy atom. The Morgan fingerprint density at radius 3 is 1.93 bits per heavy atom. The number of amides is 4. The molecule has 0 aliphatic rings. The van der Waals surface area contributed by atoms with Crippen molar-refractivity contribution >= 4 is 44.9 Å². The molecule has 4 aromatic rings. The minimum absolute atomic E-state index is 0.0275. The van der Waals surface area contributed by atoms with Crippen molar-refractivity contribution < 1.29 is 36.3 Å². The summed E-state index contributed by atoms with van der Waals surface area (Å²) in [5.74, 6) is -1.78. The van der Waals surface area contributed by atoms with E-state index in [-0.39, 0.29) is 36.8 Å². The Hall–Kier alpha value is -5.25. The van der Waals surface area contributed by atoms with Crippen LogP contribution in [0.1, 0.15) is 57.2 Å². The molecule has 8 N–H and O–H groups in total. The average Bonchev–Trinajstić information content (AvgIpc) is 3.53. The molecule has 4 rings (SSSR count). The number of H-pyrrole nitrogens is 1. The first-order valence-electron chi connectivity index (χ1n) is 18.4. The summed E-state index contributed by atoms with van der Waals surface area (Å²) < 4.78 is 35.4. The zero-order chi connectivity index (χ0) is 40.1. The van der Waals surface area contributed by atoms with Crippen LogP contribution >= 0.6 is 0 Å². The third-order valence-electron chi connectivity index (χ3n) is 8.93. The van der Waals surface area contributed by atoms with Gasteiger partial charge < -0.3 is 36.2 Å². The van der Waals surface area contributed by atoms with E-state index in [0.717, 1.165) is 28.5 Å². The first kappa shape index (κ1) is 42.5. The highest BCUT2D eigenvalue weighted by Crippen LogP contribution is 2.20. The molecule has 0 aliphatic carbocycles. The molecule has 0 bridgehead atoms. The normalized spacial score (nSPS) is 13.8. The summed E-state index contributed by atoms with van der Waals surface area (Å²) in [6.45, 7) is 8.50. The third kappa shape index (κ3) is 13.8. The fourth-order valence-corrected chi connectivity index (χ4v) is 6.43. The van der Waals surface area contributed by atoms with E-state index in [1.54, 1.807) is 6.20 Å². The van der Waals surface area contributed by atoms with Crippen LogP contribution in [0, 0.1) is 11.8 Å². The van der Waals surface area contributed by atoms with E-state index in [0.29, 0.717) is 24.4 Å². The van der Waals surface area contributed by atoms with Crippen LogP contribution < -0.4 is 31.2 Å². The number of fused-ring (bicyclic) bond motifs is 1. The van der Waals surface area contributed by atoms with E-state index in [4.69, 9.17) is 10.3 Å². The highest BCUT2D eigenvalue weighted by atomic mass is 32.3. The number of aromatic amines is 1. The predicted molar refractivity (Wildman–Crippen MR) is 210 cm³/mol. The van der Waals surface area contributed by atoms with Crippen molar-refractivity contribution in [3.8, 4) is 5.75 Å². The van der Waals surface area contributed by atoms with Gasteiger partial charge in [0, 0.05) is 36.5 Å². The summed E-state index contributed by atoms with van der Waals surface area (Å²) in [5.41, 5.74) is 9.22. The molecule has 0 aliphatic heterocycles. The molecular formula is C40H52N6O8S. The summed E-state index contributed by atoms with van der Waals surface area (Å²) in [6.07, 6.45) is 3.15. The minimum Gasteiger partial charge on any atom is -0.362 e. The molecule has 4 atom stereocenters. The Kier molecular flexibility index (Phi) is 15.4. The SMILES string of the molecule is CC(C)CCNC(=O)[C@H](CC(C)C)NC(=O)[C@@H](Cc1c[nH]c2ccccc12)NC(=O)[C@H](Cc1ccccc1)NC(=O)[C@H](N)Cc1ccc(OS(=O)(=O)O)cc1. The molecule has 0 spiro atoms. The van der Waals surface area contributed by atoms with E-state index in [1.165, 1.54) is 24.3 Å². The lowest BCUT2D eigenvalue weighted by Crippen LogP contribution is -2.59. The first-order chi connectivity index (χ1) is 26.1. The van der Waals surface area contributed by atoms with Crippen molar-refractivity contribution in [2.45, 2.75) is 84.0 Å². The molecule has 55 heavy (non-hydrogen) atoms. The van der Waals surface area contributed by atoms with Gasteiger partial charge in [-0.15, -0.1) is 0 Å². The maximum Gasteiger partial charge on any atom is 0.446 e. The molecule has 0 saturated carbocycles. The molecule has 0 saturated heterocycles. The first-order valence-corrected chi connectivity index (χ1v) is 19.7. The van der Waals surface area contributed by atoms with Crippen LogP contribution in [-0.4, -0.2) is 72.3 Å². The van der Waals surface area contributed by atoms with E-state index >= 15 is 0 Å². The number of hydrogen-bond donors (Lipinski definition) is 7. The van der Waals surface area contributed by atoms with E-state index < -0.39 is 52.3 Å². The number of nitrogens with one attached hydrogen (secondary N) is 5. The highest BCUT2D eigenvalue weighted by molar-refractivity contribution is 7.81. The molecular weight excluding hydrogens is 725 g/mol. The van der Waals surface area contributed by atoms with Gasteiger partial charge >= 0.3 is 10.4 Å². The molecule has 0 unspecified atom stereocenters. The maximum absolute atomic E-state index is 14.2. The summed E-state index contributed by atoms with van der Waals surface area (Å²) in [4.78, 5) is 58.4. The number of carbonyl (C=O) groups is 4. The monoisotopic (exact) mass is 776 g/mol. The average molecular weight is 777 g/mol. The maximum atomic E-state index is 14.2. The molecule has 14 nitrogen and oxygen atoms in total. The zero-order valence-corrected chi connectivity index (χ0v) is 32.4. The molecule has 1 heterocycles. The predicted octanol–water partition coefficient (Wildman–Crippen LogP) is 3.37. The number of hydrogen-bond acceptors (Lipinski definition) is 8. The molecule has 0 radical (unpaired) electrons. The quantitative estimate of drug-likeness (QED) is 0.0653. The summed E-state index contributed by atoms with van der Waals surface area (Å²) in [7, 11) is -4.71. The molecule has 3 aromatic carbocycles. The van der Waals surface area contributed by atoms with Crippen LogP contribution in [-0.2, 0) is 48.8 Å². The number of benzene rings is 3. The fourth-order valence-electron chi connectivity index (χ4n) is 6.07. The number of aromatic nitrogens is 1. The molecule has 15 heteroatoms. The highest BCUT2D eigenvalue weighted by Gasteiger charge is 2.32. The van der Waals surface area contributed by atoms with Gasteiger partial charge in [0.1, 0.15) is 23.9 Å². The van der Waals surface area contributed by atoms with Gasteiger partial charge in [0.25, 0.3) is 0 Å². The van der Waals surface area contributed by atoms with Crippen molar-refractivity contribution in [3.63, 3.8) is 0 Å².